The molecule has 0 aliphatic rings. The molecular weight excluding hydrogens is 398 g/mol. The van der Waals surface area contributed by atoms with Gasteiger partial charge in [0.05, 0.1) is 31.7 Å². The van der Waals surface area contributed by atoms with Crippen molar-refractivity contribution >= 4 is 22.6 Å². The van der Waals surface area contributed by atoms with Crippen molar-refractivity contribution in [3.8, 4) is 11.5 Å². The summed E-state index contributed by atoms with van der Waals surface area (Å²) < 4.78 is 10.5. The summed E-state index contributed by atoms with van der Waals surface area (Å²) in [6, 6.07) is 12.1. The molecule has 0 spiro atoms. The number of nitrogens with one attached hydrogen (secondary N) is 1. The Labute approximate surface area is 179 Å². The van der Waals surface area contributed by atoms with E-state index in [9.17, 15) is 14.4 Å². The van der Waals surface area contributed by atoms with E-state index in [-0.39, 0.29) is 36.6 Å². The van der Waals surface area contributed by atoms with Crippen LogP contribution in [0.5, 0.6) is 11.5 Å². The van der Waals surface area contributed by atoms with E-state index < -0.39 is 0 Å². The Morgan fingerprint density at radius 1 is 1.03 bits per heavy atom. The van der Waals surface area contributed by atoms with Crippen molar-refractivity contribution in [2.45, 2.75) is 26.3 Å². The smallest absolute Gasteiger partial charge is 0.258 e. The predicted octanol–water partition coefficient (Wildman–Crippen LogP) is 2.95. The van der Waals surface area contributed by atoms with Crippen LogP contribution < -0.4 is 15.0 Å². The quantitative estimate of drug-likeness (QED) is 0.531. The zero-order chi connectivity index (χ0) is 22.4. The molecule has 0 bridgehead atoms. The zero-order valence-electron chi connectivity index (χ0n) is 17.8. The molecule has 1 N–H and O–H groups in total. The number of carbonyl (C=O) groups excluding carboxylic acids is 2. The average molecular weight is 423 g/mol. The van der Waals surface area contributed by atoms with E-state index in [1.54, 1.807) is 41.3 Å². The first kappa shape index (κ1) is 22.0. The van der Waals surface area contributed by atoms with Gasteiger partial charge in [-0.3, -0.25) is 14.4 Å². The minimum absolute atomic E-state index is 0.0803. The SMILES string of the molecule is CCN(Cc1nc2cc(OC)c(OC)cc2c(=O)[nH]1)C(=O)CCC(=O)c1ccccc1. The van der Waals surface area contributed by atoms with Crippen molar-refractivity contribution in [3.05, 3.63) is 64.2 Å². The molecule has 0 saturated carbocycles. The number of methoxy groups -OCH3 is 2. The van der Waals surface area contributed by atoms with Gasteiger partial charge in [0.25, 0.3) is 5.56 Å². The van der Waals surface area contributed by atoms with Crippen LogP contribution in [0, 0.1) is 0 Å². The van der Waals surface area contributed by atoms with Crippen LogP contribution in [0.1, 0.15) is 35.9 Å². The van der Waals surface area contributed by atoms with Crippen LogP contribution in [0.25, 0.3) is 10.9 Å². The first-order valence-corrected chi connectivity index (χ1v) is 9.97. The fourth-order valence-electron chi connectivity index (χ4n) is 3.29. The number of ketones is 1. The third kappa shape index (κ3) is 5.09. The standard InChI is InChI=1S/C23H25N3O5/c1-4-26(22(28)11-10-18(27)15-8-6-5-7-9-15)14-21-24-17-13-20(31-3)19(30-2)12-16(17)23(29)25-21/h5-9,12-13H,4,10-11,14H2,1-3H3,(H,24,25,29). The van der Waals surface area contributed by atoms with Gasteiger partial charge in [0, 0.05) is 31.0 Å². The molecule has 1 amide bonds. The topological polar surface area (TPSA) is 102 Å². The van der Waals surface area contributed by atoms with Crippen molar-refractivity contribution in [3.63, 3.8) is 0 Å². The number of amides is 1. The number of Topliss-reactive ketones (excluding diaryl/α,β-unsaturated/α-hetero) is 1. The minimum atomic E-state index is -0.330. The molecule has 0 atom stereocenters. The van der Waals surface area contributed by atoms with E-state index in [1.807, 2.05) is 13.0 Å². The van der Waals surface area contributed by atoms with Gasteiger partial charge in [0.15, 0.2) is 17.3 Å². The number of hydrogen-bond donors (Lipinski definition) is 1. The lowest BCUT2D eigenvalue weighted by Crippen LogP contribution is -2.32. The number of hydrogen-bond acceptors (Lipinski definition) is 6. The monoisotopic (exact) mass is 423 g/mol. The molecule has 0 radical (unpaired) electrons. The molecule has 8 nitrogen and oxygen atoms in total. The Morgan fingerprint density at radius 3 is 2.35 bits per heavy atom. The zero-order valence-corrected chi connectivity index (χ0v) is 17.8. The highest BCUT2D eigenvalue weighted by Crippen LogP contribution is 2.29. The summed E-state index contributed by atoms with van der Waals surface area (Å²) in [5.41, 5.74) is 0.700. The second-order valence-corrected chi connectivity index (χ2v) is 6.93. The van der Waals surface area contributed by atoms with Crippen molar-refractivity contribution < 1.29 is 19.1 Å². The van der Waals surface area contributed by atoms with E-state index in [0.717, 1.165) is 0 Å². The number of aromatic amines is 1. The highest BCUT2D eigenvalue weighted by atomic mass is 16.5. The van der Waals surface area contributed by atoms with Crippen molar-refractivity contribution in [1.29, 1.82) is 0 Å². The van der Waals surface area contributed by atoms with Gasteiger partial charge in [-0.1, -0.05) is 30.3 Å². The molecule has 31 heavy (non-hydrogen) atoms. The maximum atomic E-state index is 12.7. The van der Waals surface area contributed by atoms with E-state index in [0.29, 0.717) is 40.3 Å². The molecule has 0 fully saturated rings. The highest BCUT2D eigenvalue weighted by Gasteiger charge is 2.17. The maximum Gasteiger partial charge on any atom is 0.258 e. The van der Waals surface area contributed by atoms with Gasteiger partial charge in [0.2, 0.25) is 5.91 Å². The molecule has 8 heteroatoms. The number of nitrogens with zero attached hydrogens (tertiary/aromatic N) is 2. The number of rotatable bonds is 9. The number of aromatic nitrogens is 2. The third-order valence-electron chi connectivity index (χ3n) is 5.00. The molecule has 3 aromatic rings. The van der Waals surface area contributed by atoms with E-state index in [1.165, 1.54) is 14.2 Å². The lowest BCUT2D eigenvalue weighted by atomic mass is 10.1. The molecule has 0 aliphatic heterocycles. The molecule has 162 valence electrons. The summed E-state index contributed by atoms with van der Waals surface area (Å²) in [7, 11) is 3.00. The Hall–Kier alpha value is -3.68. The average Bonchev–Trinajstić information content (AvgIpc) is 2.80. The van der Waals surface area contributed by atoms with Gasteiger partial charge in [-0.25, -0.2) is 4.98 Å². The minimum Gasteiger partial charge on any atom is -0.493 e. The number of benzene rings is 2. The summed E-state index contributed by atoms with van der Waals surface area (Å²) in [6.07, 6.45) is 0.211. The number of fused-ring (bicyclic) bond motifs is 1. The van der Waals surface area contributed by atoms with Gasteiger partial charge in [0.1, 0.15) is 5.82 Å². The van der Waals surface area contributed by atoms with Crippen LogP contribution in [0.2, 0.25) is 0 Å². The van der Waals surface area contributed by atoms with Crippen molar-refractivity contribution in [2.75, 3.05) is 20.8 Å². The molecular formula is C23H25N3O5. The third-order valence-corrected chi connectivity index (χ3v) is 5.00. The van der Waals surface area contributed by atoms with Crippen LogP contribution in [0.15, 0.2) is 47.3 Å². The molecule has 0 aliphatic carbocycles. The lowest BCUT2D eigenvalue weighted by molar-refractivity contribution is -0.131. The summed E-state index contributed by atoms with van der Waals surface area (Å²) in [4.78, 5) is 46.2. The van der Waals surface area contributed by atoms with Gasteiger partial charge >= 0.3 is 0 Å². The molecule has 0 unspecified atom stereocenters. The second-order valence-electron chi connectivity index (χ2n) is 6.93. The van der Waals surface area contributed by atoms with Crippen LogP contribution in [0.3, 0.4) is 0 Å². The molecule has 2 aromatic carbocycles. The first-order valence-electron chi connectivity index (χ1n) is 9.97. The van der Waals surface area contributed by atoms with Gasteiger partial charge in [-0.15, -0.1) is 0 Å². The van der Waals surface area contributed by atoms with E-state index >= 15 is 0 Å². The first-order chi connectivity index (χ1) is 15.0. The fourth-order valence-corrected chi connectivity index (χ4v) is 3.29. The van der Waals surface area contributed by atoms with Crippen LogP contribution >= 0.6 is 0 Å². The van der Waals surface area contributed by atoms with Gasteiger partial charge < -0.3 is 19.4 Å². The Bertz CT molecular complexity index is 1140. The molecule has 3 rings (SSSR count). The van der Waals surface area contributed by atoms with Crippen LogP contribution in [-0.4, -0.2) is 47.3 Å². The summed E-state index contributed by atoms with van der Waals surface area (Å²) in [6.45, 7) is 2.39. The predicted molar refractivity (Wildman–Crippen MR) is 117 cm³/mol. The van der Waals surface area contributed by atoms with Gasteiger partial charge in [-0.05, 0) is 13.0 Å². The second kappa shape index (κ2) is 9.88. The summed E-state index contributed by atoms with van der Waals surface area (Å²) in [5, 5.41) is 0.365. The number of H-pyrrole nitrogens is 1. The normalized spacial score (nSPS) is 10.7. The molecule has 0 saturated heterocycles. The van der Waals surface area contributed by atoms with Crippen LogP contribution in [0.4, 0.5) is 0 Å². The maximum absolute atomic E-state index is 12.7. The van der Waals surface area contributed by atoms with Crippen molar-refractivity contribution in [1.82, 2.24) is 14.9 Å². The summed E-state index contributed by atoms with van der Waals surface area (Å²) in [5.74, 6) is 0.991. The lowest BCUT2D eigenvalue weighted by Gasteiger charge is -2.20. The molecule has 1 heterocycles. The largest absolute Gasteiger partial charge is 0.493 e. The van der Waals surface area contributed by atoms with Crippen LogP contribution in [-0.2, 0) is 11.3 Å². The van der Waals surface area contributed by atoms with E-state index in [2.05, 4.69) is 9.97 Å². The van der Waals surface area contributed by atoms with E-state index in [4.69, 9.17) is 9.47 Å². The fraction of sp³-hybridized carbons (Fsp3) is 0.304. The van der Waals surface area contributed by atoms with Gasteiger partial charge in [-0.2, -0.15) is 0 Å². The highest BCUT2D eigenvalue weighted by molar-refractivity contribution is 5.97. The molecule has 1 aromatic heterocycles. The Morgan fingerprint density at radius 2 is 1.71 bits per heavy atom. The van der Waals surface area contributed by atoms with Crippen molar-refractivity contribution in [2.24, 2.45) is 0 Å². The number of carbonyl (C=O) groups is 2. The number of ether oxygens (including phenoxy) is 2. The Balaban J connectivity index is 1.75. The summed E-state index contributed by atoms with van der Waals surface area (Å²) >= 11 is 0. The Kier molecular flexibility index (Phi) is 7.02.